The van der Waals surface area contributed by atoms with Crippen molar-refractivity contribution in [1.29, 1.82) is 0 Å². The topological polar surface area (TPSA) is 98.7 Å². The minimum atomic E-state index is -1.56. The minimum Gasteiger partial charge on any atom is -0.479 e. The van der Waals surface area contributed by atoms with Crippen molar-refractivity contribution in [2.24, 2.45) is 0 Å². The third kappa shape index (κ3) is 5.90. The molecule has 0 saturated heterocycles. The highest BCUT2D eigenvalue weighted by molar-refractivity contribution is 5.76. The van der Waals surface area contributed by atoms with Crippen LogP contribution in [-0.4, -0.2) is 40.9 Å². The summed E-state index contributed by atoms with van der Waals surface area (Å²) < 4.78 is 0. The van der Waals surface area contributed by atoms with Gasteiger partial charge in [-0.3, -0.25) is 0 Å². The molecular weight excluding hydrogens is 200 g/mol. The van der Waals surface area contributed by atoms with E-state index in [-0.39, 0.29) is 12.6 Å². The molecule has 0 aromatic rings. The SMILES string of the molecule is CCC(CC)NC(=O)NC[C@H](O)C(=O)O. The van der Waals surface area contributed by atoms with Gasteiger partial charge in [0.25, 0.3) is 0 Å². The Kier molecular flexibility index (Phi) is 6.44. The zero-order chi connectivity index (χ0) is 11.8. The van der Waals surface area contributed by atoms with E-state index in [1.165, 1.54) is 0 Å². The lowest BCUT2D eigenvalue weighted by Gasteiger charge is -2.15. The molecule has 0 heterocycles. The molecule has 0 aliphatic carbocycles. The van der Waals surface area contributed by atoms with Gasteiger partial charge in [-0.25, -0.2) is 9.59 Å². The highest BCUT2D eigenvalue weighted by Gasteiger charge is 2.14. The van der Waals surface area contributed by atoms with Crippen LogP contribution in [0.5, 0.6) is 0 Å². The quantitative estimate of drug-likeness (QED) is 0.501. The smallest absolute Gasteiger partial charge is 0.334 e. The van der Waals surface area contributed by atoms with Crippen molar-refractivity contribution in [1.82, 2.24) is 10.6 Å². The van der Waals surface area contributed by atoms with Gasteiger partial charge in [-0.2, -0.15) is 0 Å². The fourth-order valence-corrected chi connectivity index (χ4v) is 1.01. The molecule has 0 fully saturated rings. The summed E-state index contributed by atoms with van der Waals surface area (Å²) in [4.78, 5) is 21.4. The van der Waals surface area contributed by atoms with Crippen molar-refractivity contribution in [2.75, 3.05) is 6.54 Å². The third-order valence-corrected chi connectivity index (χ3v) is 2.06. The third-order valence-electron chi connectivity index (χ3n) is 2.06. The highest BCUT2D eigenvalue weighted by atomic mass is 16.4. The predicted molar refractivity (Wildman–Crippen MR) is 54.5 cm³/mol. The van der Waals surface area contributed by atoms with Gasteiger partial charge in [0, 0.05) is 6.04 Å². The van der Waals surface area contributed by atoms with Gasteiger partial charge in [0.15, 0.2) is 6.10 Å². The molecule has 0 rings (SSSR count). The Bertz CT molecular complexity index is 216. The molecule has 0 spiro atoms. The molecule has 0 saturated carbocycles. The molecule has 6 nitrogen and oxygen atoms in total. The molecule has 1 atom stereocenters. The lowest BCUT2D eigenvalue weighted by molar-refractivity contribution is -0.146. The lowest BCUT2D eigenvalue weighted by Crippen LogP contribution is -2.45. The van der Waals surface area contributed by atoms with E-state index in [0.29, 0.717) is 0 Å². The summed E-state index contributed by atoms with van der Waals surface area (Å²) >= 11 is 0. The fourth-order valence-electron chi connectivity index (χ4n) is 1.01. The fraction of sp³-hybridized carbons (Fsp3) is 0.778. The van der Waals surface area contributed by atoms with E-state index in [2.05, 4.69) is 10.6 Å². The Labute approximate surface area is 88.7 Å². The highest BCUT2D eigenvalue weighted by Crippen LogP contribution is 1.95. The van der Waals surface area contributed by atoms with Crippen LogP contribution in [0.1, 0.15) is 26.7 Å². The van der Waals surface area contributed by atoms with Gasteiger partial charge in [-0.1, -0.05) is 13.8 Å². The van der Waals surface area contributed by atoms with Crippen molar-refractivity contribution in [3.05, 3.63) is 0 Å². The number of hydrogen-bond donors (Lipinski definition) is 4. The molecule has 0 aliphatic rings. The van der Waals surface area contributed by atoms with Crippen LogP contribution >= 0.6 is 0 Å². The first kappa shape index (κ1) is 13.7. The molecule has 4 N–H and O–H groups in total. The van der Waals surface area contributed by atoms with Crippen LogP contribution in [0.3, 0.4) is 0 Å². The number of amides is 2. The largest absolute Gasteiger partial charge is 0.479 e. The molecule has 0 unspecified atom stereocenters. The number of nitrogens with one attached hydrogen (secondary N) is 2. The van der Waals surface area contributed by atoms with Crippen molar-refractivity contribution in [2.45, 2.75) is 38.8 Å². The van der Waals surface area contributed by atoms with Crippen LogP contribution in [-0.2, 0) is 4.79 Å². The van der Waals surface area contributed by atoms with Crippen molar-refractivity contribution < 1.29 is 19.8 Å². The number of carbonyl (C=O) groups is 2. The summed E-state index contributed by atoms with van der Waals surface area (Å²) in [7, 11) is 0. The van der Waals surface area contributed by atoms with E-state index in [1.807, 2.05) is 13.8 Å². The van der Waals surface area contributed by atoms with Gasteiger partial charge in [0.05, 0.1) is 6.54 Å². The van der Waals surface area contributed by atoms with Gasteiger partial charge < -0.3 is 20.8 Å². The van der Waals surface area contributed by atoms with Crippen LogP contribution in [0.15, 0.2) is 0 Å². The number of rotatable bonds is 6. The zero-order valence-electron chi connectivity index (χ0n) is 8.99. The maximum atomic E-state index is 11.2. The summed E-state index contributed by atoms with van der Waals surface area (Å²) in [5, 5.41) is 22.2. The standard InChI is InChI=1S/C9H18N2O4/c1-3-6(4-2)11-9(15)10-5-7(12)8(13)14/h6-7,12H,3-5H2,1-2H3,(H,13,14)(H2,10,11,15)/t7-/m0/s1. The number of carboxylic acids is 1. The molecule has 0 aromatic carbocycles. The maximum absolute atomic E-state index is 11.2. The summed E-state index contributed by atoms with van der Waals surface area (Å²) in [6.07, 6.45) is 0.0639. The summed E-state index contributed by atoms with van der Waals surface area (Å²) in [5.41, 5.74) is 0. The molecule has 6 heteroatoms. The Morgan fingerprint density at radius 2 is 1.80 bits per heavy atom. The molecule has 0 aliphatic heterocycles. The monoisotopic (exact) mass is 218 g/mol. The number of aliphatic hydroxyl groups is 1. The number of carbonyl (C=O) groups excluding carboxylic acids is 1. The predicted octanol–water partition coefficient (Wildman–Crippen LogP) is -0.0803. The molecular formula is C9H18N2O4. The summed E-state index contributed by atoms with van der Waals surface area (Å²) in [6, 6.07) is -0.379. The number of carboxylic acid groups (broad SMARTS) is 1. The number of aliphatic hydroxyl groups excluding tert-OH is 1. The van der Waals surface area contributed by atoms with Gasteiger partial charge in [-0.05, 0) is 12.8 Å². The van der Waals surface area contributed by atoms with E-state index >= 15 is 0 Å². The normalized spacial score (nSPS) is 12.3. The van der Waals surface area contributed by atoms with Gasteiger partial charge in [-0.15, -0.1) is 0 Å². The first-order valence-corrected chi connectivity index (χ1v) is 4.96. The van der Waals surface area contributed by atoms with Crippen molar-refractivity contribution in [3.63, 3.8) is 0 Å². The van der Waals surface area contributed by atoms with Crippen LogP contribution in [0.2, 0.25) is 0 Å². The van der Waals surface area contributed by atoms with Gasteiger partial charge in [0.2, 0.25) is 0 Å². The van der Waals surface area contributed by atoms with Gasteiger partial charge >= 0.3 is 12.0 Å². The Morgan fingerprint density at radius 3 is 2.20 bits per heavy atom. The first-order valence-electron chi connectivity index (χ1n) is 4.96. The number of aliphatic carboxylic acids is 1. The Balaban J connectivity index is 3.79. The molecule has 2 amide bonds. The maximum Gasteiger partial charge on any atom is 0.334 e. The molecule has 0 bridgehead atoms. The zero-order valence-corrected chi connectivity index (χ0v) is 8.99. The second-order valence-corrected chi connectivity index (χ2v) is 3.22. The lowest BCUT2D eigenvalue weighted by atomic mass is 10.2. The second-order valence-electron chi connectivity index (χ2n) is 3.22. The van der Waals surface area contributed by atoms with Crippen LogP contribution in [0.25, 0.3) is 0 Å². The molecule has 0 aromatic heterocycles. The molecule has 88 valence electrons. The average molecular weight is 218 g/mol. The van der Waals surface area contributed by atoms with Crippen molar-refractivity contribution in [3.8, 4) is 0 Å². The van der Waals surface area contributed by atoms with Gasteiger partial charge in [0.1, 0.15) is 0 Å². The van der Waals surface area contributed by atoms with Crippen molar-refractivity contribution >= 4 is 12.0 Å². The van der Waals surface area contributed by atoms with E-state index in [0.717, 1.165) is 12.8 Å². The Hall–Kier alpha value is -1.30. The van der Waals surface area contributed by atoms with Crippen LogP contribution in [0.4, 0.5) is 4.79 Å². The van der Waals surface area contributed by atoms with E-state index in [4.69, 9.17) is 10.2 Å². The number of hydrogen-bond acceptors (Lipinski definition) is 3. The van der Waals surface area contributed by atoms with E-state index in [1.54, 1.807) is 0 Å². The van der Waals surface area contributed by atoms with Crippen LogP contribution < -0.4 is 10.6 Å². The molecule has 15 heavy (non-hydrogen) atoms. The molecule has 0 radical (unpaired) electrons. The van der Waals surface area contributed by atoms with E-state index in [9.17, 15) is 9.59 Å². The minimum absolute atomic E-state index is 0.0759. The second kappa shape index (κ2) is 7.05. The van der Waals surface area contributed by atoms with Crippen LogP contribution in [0, 0.1) is 0 Å². The van der Waals surface area contributed by atoms with E-state index < -0.39 is 18.1 Å². The first-order chi connectivity index (χ1) is 7.01. The Morgan fingerprint density at radius 1 is 1.27 bits per heavy atom. The number of urea groups is 1. The summed E-state index contributed by atoms with van der Waals surface area (Å²) in [5.74, 6) is -1.35. The summed E-state index contributed by atoms with van der Waals surface area (Å²) in [6.45, 7) is 3.60. The average Bonchev–Trinajstić information content (AvgIpc) is 2.22.